The van der Waals surface area contributed by atoms with Crippen molar-refractivity contribution in [1.82, 2.24) is 4.90 Å². The van der Waals surface area contributed by atoms with E-state index in [4.69, 9.17) is 14.2 Å². The summed E-state index contributed by atoms with van der Waals surface area (Å²) in [6.07, 6.45) is 0. The number of nitrogens with one attached hydrogen (secondary N) is 1. The molecule has 7 nitrogen and oxygen atoms in total. The third kappa shape index (κ3) is 4.43. The zero-order chi connectivity index (χ0) is 20.1. The second kappa shape index (κ2) is 8.75. The van der Waals surface area contributed by atoms with Crippen molar-refractivity contribution < 1.29 is 23.8 Å². The molecule has 2 amide bonds. The van der Waals surface area contributed by atoms with E-state index >= 15 is 0 Å². The molecule has 0 spiro atoms. The van der Waals surface area contributed by atoms with E-state index in [-0.39, 0.29) is 25.0 Å². The molecule has 7 heteroatoms. The Hall–Kier alpha value is -3.06. The van der Waals surface area contributed by atoms with Crippen molar-refractivity contribution in [2.24, 2.45) is 0 Å². The molecular weight excluding hydrogens is 360 g/mol. The summed E-state index contributed by atoms with van der Waals surface area (Å²) < 4.78 is 15.8. The molecule has 2 aromatic rings. The third-order valence-corrected chi connectivity index (χ3v) is 4.64. The van der Waals surface area contributed by atoms with Crippen molar-refractivity contribution in [2.45, 2.75) is 19.5 Å². The number of morpholine rings is 1. The molecular formula is C21H24N2O5. The maximum atomic E-state index is 12.9. The van der Waals surface area contributed by atoms with E-state index in [0.29, 0.717) is 23.7 Å². The van der Waals surface area contributed by atoms with Crippen LogP contribution < -0.4 is 14.8 Å². The van der Waals surface area contributed by atoms with Gasteiger partial charge in [0.1, 0.15) is 24.1 Å². The van der Waals surface area contributed by atoms with E-state index in [0.717, 1.165) is 11.1 Å². The van der Waals surface area contributed by atoms with Crippen LogP contribution >= 0.6 is 0 Å². The van der Waals surface area contributed by atoms with Gasteiger partial charge in [-0.05, 0) is 24.6 Å². The minimum Gasteiger partial charge on any atom is -0.497 e. The first-order chi connectivity index (χ1) is 13.5. The summed E-state index contributed by atoms with van der Waals surface area (Å²) in [4.78, 5) is 26.9. The first-order valence-electron chi connectivity index (χ1n) is 8.97. The van der Waals surface area contributed by atoms with Crippen LogP contribution in [0.1, 0.15) is 11.1 Å². The van der Waals surface area contributed by atoms with Gasteiger partial charge in [0.15, 0.2) is 0 Å². The highest BCUT2D eigenvalue weighted by atomic mass is 16.5. The fraction of sp³-hybridized carbons (Fsp3) is 0.333. The van der Waals surface area contributed by atoms with Gasteiger partial charge >= 0.3 is 0 Å². The predicted molar refractivity (Wildman–Crippen MR) is 105 cm³/mol. The number of carbonyl (C=O) groups excluding carboxylic acids is 2. The van der Waals surface area contributed by atoms with Crippen LogP contribution in [0.2, 0.25) is 0 Å². The van der Waals surface area contributed by atoms with Crippen LogP contribution in [0.25, 0.3) is 0 Å². The summed E-state index contributed by atoms with van der Waals surface area (Å²) >= 11 is 0. The van der Waals surface area contributed by atoms with Crippen LogP contribution in [0.3, 0.4) is 0 Å². The van der Waals surface area contributed by atoms with E-state index in [1.807, 2.05) is 31.2 Å². The van der Waals surface area contributed by atoms with Crippen LogP contribution in [-0.2, 0) is 20.9 Å². The normalized spacial score (nSPS) is 16.6. The molecule has 0 aromatic heterocycles. The van der Waals surface area contributed by atoms with Gasteiger partial charge in [0, 0.05) is 12.6 Å². The van der Waals surface area contributed by atoms with Crippen LogP contribution in [0, 0.1) is 6.92 Å². The Labute approximate surface area is 164 Å². The number of methoxy groups -OCH3 is 2. The second-order valence-electron chi connectivity index (χ2n) is 6.59. The van der Waals surface area contributed by atoms with Crippen molar-refractivity contribution in [3.05, 3.63) is 53.6 Å². The standard InChI is InChI=1S/C21H24N2O5/c1-14-4-6-15(7-5-14)11-23-18(12-28-13-20(23)24)21(25)22-17-9-8-16(26-2)10-19(17)27-3/h4-10,18H,11-13H2,1-3H3,(H,22,25)/t18-/m0/s1. The van der Waals surface area contributed by atoms with Gasteiger partial charge in [-0.25, -0.2) is 0 Å². The van der Waals surface area contributed by atoms with Crippen molar-refractivity contribution >= 4 is 17.5 Å². The monoisotopic (exact) mass is 384 g/mol. The Morgan fingerprint density at radius 2 is 1.93 bits per heavy atom. The molecule has 0 unspecified atom stereocenters. The van der Waals surface area contributed by atoms with Gasteiger partial charge in [0.05, 0.1) is 26.5 Å². The maximum absolute atomic E-state index is 12.9. The minimum atomic E-state index is -0.727. The molecule has 0 bridgehead atoms. The van der Waals surface area contributed by atoms with Gasteiger partial charge in [-0.1, -0.05) is 29.8 Å². The van der Waals surface area contributed by atoms with Gasteiger partial charge in [0.25, 0.3) is 0 Å². The summed E-state index contributed by atoms with van der Waals surface area (Å²) in [6.45, 7) is 2.46. The summed E-state index contributed by atoms with van der Waals surface area (Å²) in [7, 11) is 3.07. The van der Waals surface area contributed by atoms with Crippen molar-refractivity contribution in [1.29, 1.82) is 0 Å². The molecule has 1 aliphatic rings. The van der Waals surface area contributed by atoms with E-state index in [2.05, 4.69) is 5.32 Å². The number of ether oxygens (including phenoxy) is 3. The molecule has 2 aromatic carbocycles. The third-order valence-electron chi connectivity index (χ3n) is 4.64. The largest absolute Gasteiger partial charge is 0.497 e. The van der Waals surface area contributed by atoms with Gasteiger partial charge in [0.2, 0.25) is 11.8 Å². The highest BCUT2D eigenvalue weighted by Gasteiger charge is 2.34. The fourth-order valence-corrected chi connectivity index (χ4v) is 3.03. The molecule has 3 rings (SSSR count). The maximum Gasteiger partial charge on any atom is 0.249 e. The first kappa shape index (κ1) is 19.7. The van der Waals surface area contributed by atoms with Crippen LogP contribution in [0.5, 0.6) is 11.5 Å². The molecule has 28 heavy (non-hydrogen) atoms. The first-order valence-corrected chi connectivity index (χ1v) is 8.97. The zero-order valence-corrected chi connectivity index (χ0v) is 16.2. The zero-order valence-electron chi connectivity index (χ0n) is 16.2. The quantitative estimate of drug-likeness (QED) is 0.828. The topological polar surface area (TPSA) is 77.1 Å². The number of amides is 2. The molecule has 148 valence electrons. The number of hydrogen-bond donors (Lipinski definition) is 1. The summed E-state index contributed by atoms with van der Waals surface area (Å²) in [5.41, 5.74) is 2.60. The van der Waals surface area contributed by atoms with Gasteiger partial charge < -0.3 is 24.4 Å². The Kier molecular flexibility index (Phi) is 6.16. The molecule has 0 radical (unpaired) electrons. The van der Waals surface area contributed by atoms with E-state index in [9.17, 15) is 9.59 Å². The van der Waals surface area contributed by atoms with Crippen molar-refractivity contribution in [2.75, 3.05) is 32.8 Å². The van der Waals surface area contributed by atoms with E-state index < -0.39 is 6.04 Å². The number of carbonyl (C=O) groups is 2. The summed E-state index contributed by atoms with van der Waals surface area (Å²) in [6, 6.07) is 12.3. The molecule has 0 saturated carbocycles. The highest BCUT2D eigenvalue weighted by molar-refractivity contribution is 5.99. The second-order valence-corrected chi connectivity index (χ2v) is 6.59. The van der Waals surface area contributed by atoms with Crippen molar-refractivity contribution in [3.63, 3.8) is 0 Å². The Bertz CT molecular complexity index is 850. The number of hydrogen-bond acceptors (Lipinski definition) is 5. The average Bonchev–Trinajstić information content (AvgIpc) is 2.71. The van der Waals surface area contributed by atoms with E-state index in [1.54, 1.807) is 30.2 Å². The van der Waals surface area contributed by atoms with Gasteiger partial charge in [-0.15, -0.1) is 0 Å². The lowest BCUT2D eigenvalue weighted by Gasteiger charge is -2.34. The van der Waals surface area contributed by atoms with Crippen LogP contribution in [-0.4, -0.2) is 50.2 Å². The lowest BCUT2D eigenvalue weighted by Crippen LogP contribution is -2.54. The molecule has 0 aliphatic carbocycles. The van der Waals surface area contributed by atoms with Crippen molar-refractivity contribution in [3.8, 4) is 11.5 Å². The number of benzene rings is 2. The SMILES string of the molecule is COc1ccc(NC(=O)[C@@H]2COCC(=O)N2Cc2ccc(C)cc2)c(OC)c1. The number of nitrogens with zero attached hydrogens (tertiary/aromatic N) is 1. The Balaban J connectivity index is 1.78. The Morgan fingerprint density at radius 3 is 2.61 bits per heavy atom. The summed E-state index contributed by atoms with van der Waals surface area (Å²) in [5.74, 6) is 0.546. The van der Waals surface area contributed by atoms with Gasteiger partial charge in [-0.3, -0.25) is 9.59 Å². The smallest absolute Gasteiger partial charge is 0.249 e. The lowest BCUT2D eigenvalue weighted by molar-refractivity contribution is -0.154. The highest BCUT2D eigenvalue weighted by Crippen LogP contribution is 2.29. The average molecular weight is 384 g/mol. The molecule has 1 fully saturated rings. The molecule has 1 atom stereocenters. The van der Waals surface area contributed by atoms with Gasteiger partial charge in [-0.2, -0.15) is 0 Å². The molecule has 1 heterocycles. The van der Waals surface area contributed by atoms with E-state index in [1.165, 1.54) is 7.11 Å². The molecule has 1 saturated heterocycles. The number of rotatable bonds is 6. The molecule has 1 N–H and O–H groups in total. The predicted octanol–water partition coefficient (Wildman–Crippen LogP) is 2.38. The molecule has 1 aliphatic heterocycles. The summed E-state index contributed by atoms with van der Waals surface area (Å²) in [5, 5.41) is 2.83. The minimum absolute atomic E-state index is 0.0263. The van der Waals surface area contributed by atoms with Crippen LogP contribution in [0.15, 0.2) is 42.5 Å². The van der Waals surface area contributed by atoms with Crippen LogP contribution in [0.4, 0.5) is 5.69 Å². The lowest BCUT2D eigenvalue weighted by atomic mass is 10.1. The Morgan fingerprint density at radius 1 is 1.18 bits per heavy atom. The number of aryl methyl sites for hydroxylation is 1. The fourth-order valence-electron chi connectivity index (χ4n) is 3.03. The number of anilines is 1.